The van der Waals surface area contributed by atoms with E-state index >= 15 is 0 Å². The van der Waals surface area contributed by atoms with Crippen molar-refractivity contribution in [1.82, 2.24) is 9.78 Å². The summed E-state index contributed by atoms with van der Waals surface area (Å²) in [7, 11) is 0. The number of hydrogen-bond donors (Lipinski definition) is 2. The van der Waals surface area contributed by atoms with Crippen molar-refractivity contribution >= 4 is 5.82 Å². The van der Waals surface area contributed by atoms with Crippen molar-refractivity contribution in [3.05, 3.63) is 15.9 Å². The lowest BCUT2D eigenvalue weighted by Crippen LogP contribution is -2.25. The van der Waals surface area contributed by atoms with Crippen LogP contribution in [-0.4, -0.2) is 15.8 Å². The Morgan fingerprint density at radius 2 is 2.20 bits per heavy atom. The molecule has 0 bridgehead atoms. The highest BCUT2D eigenvalue weighted by molar-refractivity contribution is 5.46. The zero-order valence-electron chi connectivity index (χ0n) is 9.05. The number of nitrogens with zero attached hydrogens (tertiary/aromatic N) is 1. The molecule has 4 nitrogen and oxygen atoms in total. The van der Waals surface area contributed by atoms with Gasteiger partial charge in [-0.2, -0.15) is 0 Å². The van der Waals surface area contributed by atoms with Crippen molar-refractivity contribution in [2.45, 2.75) is 45.2 Å². The minimum Gasteiger partial charge on any atom is -0.368 e. The first kappa shape index (κ1) is 9.07. The summed E-state index contributed by atoms with van der Waals surface area (Å²) in [6.07, 6.45) is 4.53. The largest absolute Gasteiger partial charge is 0.368 e. The predicted octanol–water partition coefficient (Wildman–Crippen LogP) is 1.33. The maximum atomic E-state index is 12.0. The molecule has 0 radical (unpaired) electrons. The molecule has 2 N–H and O–H groups in total. The zero-order valence-corrected chi connectivity index (χ0v) is 9.05. The third kappa shape index (κ3) is 1.58. The number of H-pyrrole nitrogens is 1. The van der Waals surface area contributed by atoms with Crippen molar-refractivity contribution in [2.75, 3.05) is 5.32 Å². The van der Waals surface area contributed by atoms with Crippen molar-refractivity contribution < 1.29 is 0 Å². The topological polar surface area (TPSA) is 49.8 Å². The van der Waals surface area contributed by atoms with Crippen LogP contribution in [0.1, 0.15) is 31.7 Å². The van der Waals surface area contributed by atoms with Gasteiger partial charge in [0.05, 0.1) is 5.56 Å². The van der Waals surface area contributed by atoms with E-state index in [-0.39, 0.29) is 5.56 Å². The molecule has 0 amide bonds. The molecule has 1 fully saturated rings. The zero-order chi connectivity index (χ0) is 10.4. The number of anilines is 1. The standard InChI is InChI=1S/C11H17N3O/c1-7-2-5-9-10(12-7)13-14(11(9)15)6-8-3-4-8/h7-8,12-13H,2-6H2,1H3/t7-/m1/s1. The van der Waals surface area contributed by atoms with E-state index in [1.54, 1.807) is 4.68 Å². The van der Waals surface area contributed by atoms with E-state index in [0.717, 1.165) is 36.7 Å². The average Bonchev–Trinajstić information content (AvgIpc) is 2.95. The SMILES string of the molecule is C[C@@H]1CCc2c([nH]n(CC3CC3)c2=O)N1. The third-order valence-electron chi connectivity index (χ3n) is 3.41. The molecule has 2 aliphatic rings. The van der Waals surface area contributed by atoms with Crippen LogP contribution in [0.4, 0.5) is 5.82 Å². The number of nitrogens with one attached hydrogen (secondary N) is 2. The Bertz CT molecular complexity index is 428. The molecular formula is C11H17N3O. The number of aromatic nitrogens is 2. The maximum Gasteiger partial charge on any atom is 0.271 e. The maximum absolute atomic E-state index is 12.0. The van der Waals surface area contributed by atoms with Crippen molar-refractivity contribution in [3.63, 3.8) is 0 Å². The van der Waals surface area contributed by atoms with Crippen LogP contribution in [0, 0.1) is 5.92 Å². The van der Waals surface area contributed by atoms with E-state index in [2.05, 4.69) is 17.3 Å². The first-order chi connectivity index (χ1) is 7.24. The van der Waals surface area contributed by atoms with E-state index in [1.807, 2.05) is 0 Å². The number of hydrogen-bond acceptors (Lipinski definition) is 2. The van der Waals surface area contributed by atoms with Gasteiger partial charge in [-0.15, -0.1) is 0 Å². The summed E-state index contributed by atoms with van der Waals surface area (Å²) < 4.78 is 1.79. The van der Waals surface area contributed by atoms with Gasteiger partial charge >= 0.3 is 0 Å². The second kappa shape index (κ2) is 3.15. The molecule has 2 heterocycles. The Balaban J connectivity index is 1.92. The van der Waals surface area contributed by atoms with Crippen LogP contribution < -0.4 is 10.9 Å². The van der Waals surface area contributed by atoms with Crippen molar-refractivity contribution in [2.24, 2.45) is 5.92 Å². The molecule has 1 atom stereocenters. The molecule has 1 aromatic heterocycles. The Labute approximate surface area is 88.7 Å². The summed E-state index contributed by atoms with van der Waals surface area (Å²) in [6, 6.07) is 0.477. The highest BCUT2D eigenvalue weighted by Gasteiger charge is 2.26. The van der Waals surface area contributed by atoms with Gasteiger partial charge in [0.2, 0.25) is 0 Å². The normalized spacial score (nSPS) is 24.7. The Morgan fingerprint density at radius 1 is 1.40 bits per heavy atom. The van der Waals surface area contributed by atoms with Crippen LogP contribution in [-0.2, 0) is 13.0 Å². The molecule has 15 heavy (non-hydrogen) atoms. The summed E-state index contributed by atoms with van der Waals surface area (Å²) in [5.74, 6) is 1.69. The van der Waals surface area contributed by atoms with Gasteiger partial charge in [0.25, 0.3) is 5.56 Å². The molecule has 82 valence electrons. The molecule has 1 aromatic rings. The molecule has 0 unspecified atom stereocenters. The molecule has 1 aliphatic heterocycles. The summed E-state index contributed by atoms with van der Waals surface area (Å²) in [5.41, 5.74) is 1.14. The molecule has 1 saturated carbocycles. The van der Waals surface area contributed by atoms with Crippen molar-refractivity contribution in [1.29, 1.82) is 0 Å². The summed E-state index contributed by atoms with van der Waals surface area (Å²) >= 11 is 0. The lowest BCUT2D eigenvalue weighted by Gasteiger charge is -2.19. The predicted molar refractivity (Wildman–Crippen MR) is 59.2 cm³/mol. The van der Waals surface area contributed by atoms with Gasteiger partial charge in [0, 0.05) is 12.6 Å². The number of aromatic amines is 1. The van der Waals surface area contributed by atoms with Gasteiger partial charge in [-0.1, -0.05) is 0 Å². The van der Waals surface area contributed by atoms with Gasteiger partial charge in [-0.3, -0.25) is 14.6 Å². The van der Waals surface area contributed by atoms with Gasteiger partial charge < -0.3 is 5.32 Å². The minimum atomic E-state index is 0.191. The Hall–Kier alpha value is -1.19. The van der Waals surface area contributed by atoms with Gasteiger partial charge in [-0.05, 0) is 38.5 Å². The van der Waals surface area contributed by atoms with Crippen molar-refractivity contribution in [3.8, 4) is 0 Å². The van der Waals surface area contributed by atoms with Gasteiger partial charge in [-0.25, -0.2) is 0 Å². The first-order valence-electron chi connectivity index (χ1n) is 5.82. The Morgan fingerprint density at radius 3 is 2.93 bits per heavy atom. The van der Waals surface area contributed by atoms with E-state index in [1.165, 1.54) is 12.8 Å². The van der Waals surface area contributed by atoms with E-state index < -0.39 is 0 Å². The van der Waals surface area contributed by atoms with Crippen LogP contribution in [0.2, 0.25) is 0 Å². The smallest absolute Gasteiger partial charge is 0.271 e. The third-order valence-corrected chi connectivity index (χ3v) is 3.41. The van der Waals surface area contributed by atoms with E-state index in [4.69, 9.17) is 0 Å². The lowest BCUT2D eigenvalue weighted by molar-refractivity contribution is 0.548. The summed E-state index contributed by atoms with van der Waals surface area (Å²) in [6.45, 7) is 3.03. The first-order valence-corrected chi connectivity index (χ1v) is 5.82. The highest BCUT2D eigenvalue weighted by atomic mass is 16.1. The van der Waals surface area contributed by atoms with E-state index in [0.29, 0.717) is 6.04 Å². The number of rotatable bonds is 2. The fraction of sp³-hybridized carbons (Fsp3) is 0.727. The fourth-order valence-corrected chi connectivity index (χ4v) is 2.24. The molecule has 0 aromatic carbocycles. The fourth-order valence-electron chi connectivity index (χ4n) is 2.24. The lowest BCUT2D eigenvalue weighted by atomic mass is 10.0. The molecule has 1 aliphatic carbocycles. The van der Waals surface area contributed by atoms with Crippen LogP contribution in [0.15, 0.2) is 4.79 Å². The van der Waals surface area contributed by atoms with Gasteiger partial charge in [0.15, 0.2) is 0 Å². The molecule has 0 saturated heterocycles. The monoisotopic (exact) mass is 207 g/mol. The second-order valence-corrected chi connectivity index (χ2v) is 4.91. The minimum absolute atomic E-state index is 0.191. The molecule has 0 spiro atoms. The van der Waals surface area contributed by atoms with Crippen LogP contribution in [0.5, 0.6) is 0 Å². The summed E-state index contributed by atoms with van der Waals surface area (Å²) in [5, 5.41) is 6.54. The second-order valence-electron chi connectivity index (χ2n) is 4.91. The molecular weight excluding hydrogens is 190 g/mol. The molecule has 4 heteroatoms. The van der Waals surface area contributed by atoms with Crippen LogP contribution in [0.25, 0.3) is 0 Å². The van der Waals surface area contributed by atoms with Crippen LogP contribution >= 0.6 is 0 Å². The van der Waals surface area contributed by atoms with E-state index in [9.17, 15) is 4.79 Å². The highest BCUT2D eigenvalue weighted by Crippen LogP contribution is 2.30. The Kier molecular flexibility index (Phi) is 1.90. The van der Waals surface area contributed by atoms with Crippen LogP contribution in [0.3, 0.4) is 0 Å². The quantitative estimate of drug-likeness (QED) is 0.768. The average molecular weight is 207 g/mol. The summed E-state index contributed by atoms with van der Waals surface area (Å²) in [4.78, 5) is 12.0. The number of fused-ring (bicyclic) bond motifs is 1. The molecule has 3 rings (SSSR count). The van der Waals surface area contributed by atoms with Gasteiger partial charge in [0.1, 0.15) is 5.82 Å².